The van der Waals surface area contributed by atoms with Gasteiger partial charge in [0.05, 0.1) is 28.2 Å². The van der Waals surface area contributed by atoms with E-state index in [0.29, 0.717) is 52.2 Å². The highest BCUT2D eigenvalue weighted by Crippen LogP contribution is 2.38. The normalized spacial score (nSPS) is 11.4. The smallest absolute Gasteiger partial charge is 0.180 e. The summed E-state index contributed by atoms with van der Waals surface area (Å²) < 4.78 is 26.4. The number of nitriles is 1. The summed E-state index contributed by atoms with van der Waals surface area (Å²) in [5.74, 6) is 0.873. The molecule has 4 aromatic rings. The zero-order valence-corrected chi connectivity index (χ0v) is 20.4. The van der Waals surface area contributed by atoms with E-state index in [-0.39, 0.29) is 11.4 Å². The van der Waals surface area contributed by atoms with Gasteiger partial charge in [-0.15, -0.1) is 0 Å². The molecule has 0 fully saturated rings. The number of nitrogens with zero attached hydrogens (tertiary/aromatic N) is 2. The summed E-state index contributed by atoms with van der Waals surface area (Å²) in [5, 5.41) is 10.1. The van der Waals surface area contributed by atoms with Gasteiger partial charge < -0.3 is 14.5 Å². The average molecular weight is 574 g/mol. The van der Waals surface area contributed by atoms with Crippen LogP contribution >= 0.6 is 34.2 Å². The van der Waals surface area contributed by atoms with E-state index in [0.717, 1.165) is 9.13 Å². The molecule has 0 saturated carbocycles. The number of benzene rings is 3. The standard InChI is InChI=1S/C25H18ClFIN3O2/c1-2-32-23-11-16(10-20(26)24(23)33-14-15-3-6-19(28)7-4-15)9-17(13-29)25-30-21-8-5-18(27)12-22(21)31-25/h3-12H,2,14H2,1H3,(H,30,31)/b17-9-. The zero-order chi connectivity index (χ0) is 23.4. The number of ether oxygens (including phenoxy) is 2. The van der Waals surface area contributed by atoms with Gasteiger partial charge in [0.15, 0.2) is 11.5 Å². The first-order valence-corrected chi connectivity index (χ1v) is 11.5. The first kappa shape index (κ1) is 23.1. The van der Waals surface area contributed by atoms with Crippen molar-refractivity contribution >= 4 is 56.9 Å². The Bertz CT molecular complexity index is 1380. The van der Waals surface area contributed by atoms with Gasteiger partial charge in [0, 0.05) is 3.57 Å². The number of aromatic nitrogens is 2. The van der Waals surface area contributed by atoms with Crippen LogP contribution < -0.4 is 9.47 Å². The van der Waals surface area contributed by atoms with Gasteiger partial charge in [0.2, 0.25) is 0 Å². The molecule has 0 radical (unpaired) electrons. The van der Waals surface area contributed by atoms with Crippen LogP contribution in [0.2, 0.25) is 5.02 Å². The summed E-state index contributed by atoms with van der Waals surface area (Å²) >= 11 is 8.78. The minimum Gasteiger partial charge on any atom is -0.490 e. The molecule has 0 unspecified atom stereocenters. The number of rotatable bonds is 7. The summed E-state index contributed by atoms with van der Waals surface area (Å²) in [6.45, 7) is 2.63. The van der Waals surface area contributed by atoms with Crippen LogP contribution in [0.1, 0.15) is 23.9 Å². The molecule has 1 N–H and O–H groups in total. The second kappa shape index (κ2) is 10.2. The van der Waals surface area contributed by atoms with Gasteiger partial charge in [-0.3, -0.25) is 0 Å². The lowest BCUT2D eigenvalue weighted by atomic mass is 10.1. The number of fused-ring (bicyclic) bond motifs is 1. The van der Waals surface area contributed by atoms with Gasteiger partial charge in [-0.05, 0) is 89.2 Å². The monoisotopic (exact) mass is 573 g/mol. The van der Waals surface area contributed by atoms with Crippen molar-refractivity contribution in [1.29, 1.82) is 5.26 Å². The van der Waals surface area contributed by atoms with Crippen molar-refractivity contribution in [2.45, 2.75) is 13.5 Å². The van der Waals surface area contributed by atoms with Gasteiger partial charge in [0.1, 0.15) is 24.3 Å². The maximum atomic E-state index is 13.5. The minimum absolute atomic E-state index is 0.276. The van der Waals surface area contributed by atoms with Gasteiger partial charge in [-0.2, -0.15) is 5.26 Å². The first-order chi connectivity index (χ1) is 16.0. The van der Waals surface area contributed by atoms with E-state index in [2.05, 4.69) is 38.6 Å². The third-order valence-corrected chi connectivity index (χ3v) is 5.76. The van der Waals surface area contributed by atoms with Crippen molar-refractivity contribution in [2.24, 2.45) is 0 Å². The second-order valence-corrected chi connectivity index (χ2v) is 8.75. The summed E-state index contributed by atoms with van der Waals surface area (Å²) in [6.07, 6.45) is 1.64. The number of halogens is 3. The summed E-state index contributed by atoms with van der Waals surface area (Å²) in [5.41, 5.74) is 3.01. The highest BCUT2D eigenvalue weighted by Gasteiger charge is 2.14. The Kier molecular flexibility index (Phi) is 7.16. The quantitative estimate of drug-likeness (QED) is 0.191. The average Bonchev–Trinajstić information content (AvgIpc) is 3.21. The first-order valence-electron chi connectivity index (χ1n) is 10.1. The highest BCUT2D eigenvalue weighted by atomic mass is 127. The van der Waals surface area contributed by atoms with Crippen LogP contribution in [0.15, 0.2) is 54.6 Å². The Morgan fingerprint density at radius 1 is 1.18 bits per heavy atom. The predicted octanol–water partition coefficient (Wildman–Crippen LogP) is 7.00. The van der Waals surface area contributed by atoms with E-state index in [1.807, 2.05) is 31.2 Å². The zero-order valence-electron chi connectivity index (χ0n) is 17.5. The molecule has 3 aromatic carbocycles. The molecular formula is C25H18ClFIN3O2. The van der Waals surface area contributed by atoms with E-state index in [1.165, 1.54) is 12.1 Å². The lowest BCUT2D eigenvalue weighted by Crippen LogP contribution is -2.01. The molecule has 4 rings (SSSR count). The summed E-state index contributed by atoms with van der Waals surface area (Å²) in [7, 11) is 0. The predicted molar refractivity (Wildman–Crippen MR) is 136 cm³/mol. The molecule has 0 aliphatic rings. The van der Waals surface area contributed by atoms with Crippen molar-refractivity contribution in [2.75, 3.05) is 6.61 Å². The van der Waals surface area contributed by atoms with E-state index in [1.54, 1.807) is 24.3 Å². The van der Waals surface area contributed by atoms with Crippen LogP contribution in [0, 0.1) is 20.7 Å². The number of nitrogens with one attached hydrogen (secondary N) is 1. The van der Waals surface area contributed by atoms with Crippen LogP contribution in [0.3, 0.4) is 0 Å². The van der Waals surface area contributed by atoms with Gasteiger partial charge in [0.25, 0.3) is 0 Å². The molecule has 0 amide bonds. The maximum Gasteiger partial charge on any atom is 0.180 e. The number of hydrogen-bond acceptors (Lipinski definition) is 4. The Morgan fingerprint density at radius 3 is 2.70 bits per heavy atom. The minimum atomic E-state index is -0.380. The lowest BCUT2D eigenvalue weighted by molar-refractivity contribution is 0.269. The molecule has 8 heteroatoms. The fourth-order valence-corrected chi connectivity index (χ4v) is 3.87. The number of H-pyrrole nitrogens is 1. The summed E-state index contributed by atoms with van der Waals surface area (Å²) in [4.78, 5) is 7.37. The molecule has 0 atom stereocenters. The van der Waals surface area contributed by atoms with Crippen LogP contribution in [-0.4, -0.2) is 16.6 Å². The molecule has 33 heavy (non-hydrogen) atoms. The van der Waals surface area contributed by atoms with Crippen molar-refractivity contribution in [3.05, 3.63) is 86.0 Å². The molecule has 0 spiro atoms. The Morgan fingerprint density at radius 2 is 1.97 bits per heavy atom. The number of hydrogen-bond donors (Lipinski definition) is 1. The third-order valence-electron chi connectivity index (χ3n) is 4.76. The van der Waals surface area contributed by atoms with Crippen LogP contribution in [0.5, 0.6) is 11.5 Å². The van der Waals surface area contributed by atoms with E-state index >= 15 is 0 Å². The molecule has 0 aliphatic carbocycles. The van der Waals surface area contributed by atoms with Crippen molar-refractivity contribution in [3.8, 4) is 17.6 Å². The molecule has 0 saturated heterocycles. The van der Waals surface area contributed by atoms with Crippen LogP contribution in [0.25, 0.3) is 22.7 Å². The van der Waals surface area contributed by atoms with E-state index in [4.69, 9.17) is 21.1 Å². The molecule has 0 bridgehead atoms. The lowest BCUT2D eigenvalue weighted by Gasteiger charge is -2.15. The number of imidazole rings is 1. The summed E-state index contributed by atoms with van der Waals surface area (Å²) in [6, 6.07) is 17.8. The number of aromatic amines is 1. The molecule has 166 valence electrons. The Balaban J connectivity index is 1.65. The SMILES string of the molecule is CCOc1cc(/C=C(/C#N)c2nc3ccc(F)cc3[nH]2)cc(Cl)c1OCc1ccc(I)cc1. The van der Waals surface area contributed by atoms with E-state index in [9.17, 15) is 9.65 Å². The van der Waals surface area contributed by atoms with Gasteiger partial charge in [-0.25, -0.2) is 9.37 Å². The Labute approximate surface area is 209 Å². The molecule has 0 aliphatic heterocycles. The molecule has 1 heterocycles. The van der Waals surface area contributed by atoms with E-state index < -0.39 is 0 Å². The van der Waals surface area contributed by atoms with Crippen molar-refractivity contribution in [3.63, 3.8) is 0 Å². The largest absolute Gasteiger partial charge is 0.490 e. The van der Waals surface area contributed by atoms with Gasteiger partial charge >= 0.3 is 0 Å². The van der Waals surface area contributed by atoms with Crippen LogP contribution in [-0.2, 0) is 6.61 Å². The molecule has 1 aromatic heterocycles. The number of allylic oxidation sites excluding steroid dienone is 1. The third kappa shape index (κ3) is 5.46. The fraction of sp³-hybridized carbons (Fsp3) is 0.120. The highest BCUT2D eigenvalue weighted by molar-refractivity contribution is 14.1. The van der Waals surface area contributed by atoms with Gasteiger partial charge in [-0.1, -0.05) is 23.7 Å². The van der Waals surface area contributed by atoms with Crippen LogP contribution in [0.4, 0.5) is 4.39 Å². The maximum absolute atomic E-state index is 13.5. The van der Waals surface area contributed by atoms with Crippen molar-refractivity contribution < 1.29 is 13.9 Å². The van der Waals surface area contributed by atoms with Crippen molar-refractivity contribution in [1.82, 2.24) is 9.97 Å². The topological polar surface area (TPSA) is 70.9 Å². The molecule has 5 nitrogen and oxygen atoms in total. The molecular weight excluding hydrogens is 556 g/mol. The second-order valence-electron chi connectivity index (χ2n) is 7.09. The Hall–Kier alpha value is -3.09. The fourth-order valence-electron chi connectivity index (χ4n) is 3.24.